The van der Waals surface area contributed by atoms with Gasteiger partial charge in [-0.05, 0) is 31.4 Å². The van der Waals surface area contributed by atoms with Gasteiger partial charge in [0.05, 0.1) is 6.10 Å². The molecule has 0 heterocycles. The van der Waals surface area contributed by atoms with E-state index in [-0.39, 0.29) is 0 Å². The van der Waals surface area contributed by atoms with Crippen LogP contribution in [0.25, 0.3) is 0 Å². The number of hydrogen-bond donors (Lipinski definition) is 1. The van der Waals surface area contributed by atoms with Gasteiger partial charge in [-0.2, -0.15) is 0 Å². The first-order valence-electron chi connectivity index (χ1n) is 6.32. The highest BCUT2D eigenvalue weighted by atomic mass is 32.2. The monoisotopic (exact) mass is 251 g/mol. The highest BCUT2D eigenvalue weighted by molar-refractivity contribution is 7.99. The lowest BCUT2D eigenvalue weighted by Gasteiger charge is -2.12. The number of hydrogen-bond acceptors (Lipinski definition) is 3. The third-order valence-corrected chi connectivity index (χ3v) is 4.28. The summed E-state index contributed by atoms with van der Waals surface area (Å²) < 4.78 is 5.37. The number of rotatable bonds is 6. The van der Waals surface area contributed by atoms with E-state index in [1.807, 2.05) is 18.9 Å². The SMILES string of the molecule is COC1CCC(NCCSc2ccccc2)C1. The summed E-state index contributed by atoms with van der Waals surface area (Å²) in [7, 11) is 1.82. The highest BCUT2D eigenvalue weighted by Gasteiger charge is 2.23. The fourth-order valence-corrected chi connectivity index (χ4v) is 3.09. The Morgan fingerprint density at radius 1 is 1.29 bits per heavy atom. The fourth-order valence-electron chi connectivity index (χ4n) is 2.29. The number of thioether (sulfide) groups is 1. The van der Waals surface area contributed by atoms with Crippen molar-refractivity contribution < 1.29 is 4.74 Å². The van der Waals surface area contributed by atoms with Crippen LogP contribution in [-0.4, -0.2) is 31.6 Å². The Kier molecular flexibility index (Phi) is 5.36. The van der Waals surface area contributed by atoms with Crippen LogP contribution >= 0.6 is 11.8 Å². The zero-order valence-electron chi connectivity index (χ0n) is 10.4. The predicted molar refractivity (Wildman–Crippen MR) is 73.6 cm³/mol. The quantitative estimate of drug-likeness (QED) is 0.620. The van der Waals surface area contributed by atoms with Crippen molar-refractivity contribution in [2.75, 3.05) is 19.4 Å². The largest absolute Gasteiger partial charge is 0.381 e. The first kappa shape index (κ1) is 12.9. The summed E-state index contributed by atoms with van der Waals surface area (Å²) in [5, 5.41) is 3.62. The van der Waals surface area contributed by atoms with E-state index in [9.17, 15) is 0 Å². The number of nitrogens with one attached hydrogen (secondary N) is 1. The van der Waals surface area contributed by atoms with Gasteiger partial charge in [0.1, 0.15) is 0 Å². The minimum atomic E-state index is 0.481. The van der Waals surface area contributed by atoms with E-state index in [0.29, 0.717) is 12.1 Å². The van der Waals surface area contributed by atoms with Crippen molar-refractivity contribution in [1.82, 2.24) is 5.32 Å². The summed E-state index contributed by atoms with van der Waals surface area (Å²) in [4.78, 5) is 1.36. The Bertz CT molecular complexity index is 317. The van der Waals surface area contributed by atoms with Gasteiger partial charge in [-0.25, -0.2) is 0 Å². The van der Waals surface area contributed by atoms with Crippen molar-refractivity contribution in [1.29, 1.82) is 0 Å². The Hall–Kier alpha value is -0.510. The van der Waals surface area contributed by atoms with Crippen LogP contribution < -0.4 is 5.32 Å². The molecular weight excluding hydrogens is 230 g/mol. The van der Waals surface area contributed by atoms with Gasteiger partial charge in [0.2, 0.25) is 0 Å². The molecule has 1 N–H and O–H groups in total. The van der Waals surface area contributed by atoms with E-state index in [2.05, 4.69) is 35.6 Å². The lowest BCUT2D eigenvalue weighted by molar-refractivity contribution is 0.107. The Morgan fingerprint density at radius 3 is 2.82 bits per heavy atom. The average Bonchev–Trinajstić information content (AvgIpc) is 2.84. The average molecular weight is 251 g/mol. The van der Waals surface area contributed by atoms with Gasteiger partial charge in [0.25, 0.3) is 0 Å². The van der Waals surface area contributed by atoms with Crippen molar-refractivity contribution in [3.8, 4) is 0 Å². The molecule has 2 unspecified atom stereocenters. The van der Waals surface area contributed by atoms with Gasteiger partial charge in [-0.3, -0.25) is 0 Å². The normalized spacial score (nSPS) is 24.1. The van der Waals surface area contributed by atoms with Crippen molar-refractivity contribution in [2.45, 2.75) is 36.3 Å². The zero-order chi connectivity index (χ0) is 11.9. The molecule has 2 atom stereocenters. The summed E-state index contributed by atoms with van der Waals surface area (Å²) in [6.07, 6.45) is 4.12. The van der Waals surface area contributed by atoms with Crippen LogP contribution in [0.2, 0.25) is 0 Å². The van der Waals surface area contributed by atoms with Crippen LogP contribution in [0.15, 0.2) is 35.2 Å². The molecule has 1 aromatic carbocycles. The van der Waals surface area contributed by atoms with Crippen molar-refractivity contribution in [3.05, 3.63) is 30.3 Å². The summed E-state index contributed by atoms with van der Waals surface area (Å²) >= 11 is 1.92. The van der Waals surface area contributed by atoms with Crippen LogP contribution in [0, 0.1) is 0 Å². The lowest BCUT2D eigenvalue weighted by atomic mass is 10.2. The van der Waals surface area contributed by atoms with Crippen molar-refractivity contribution in [3.63, 3.8) is 0 Å². The third-order valence-electron chi connectivity index (χ3n) is 3.26. The van der Waals surface area contributed by atoms with Gasteiger partial charge in [0.15, 0.2) is 0 Å². The minimum absolute atomic E-state index is 0.481. The highest BCUT2D eigenvalue weighted by Crippen LogP contribution is 2.21. The molecule has 1 fully saturated rings. The molecule has 0 amide bonds. The van der Waals surface area contributed by atoms with Gasteiger partial charge in [-0.15, -0.1) is 11.8 Å². The molecule has 2 rings (SSSR count). The summed E-state index contributed by atoms with van der Waals surface area (Å²) in [5.74, 6) is 1.14. The lowest BCUT2D eigenvalue weighted by Crippen LogP contribution is -2.29. The molecule has 0 bridgehead atoms. The van der Waals surface area contributed by atoms with E-state index >= 15 is 0 Å². The molecule has 1 aromatic rings. The molecular formula is C14H21NOS. The fraction of sp³-hybridized carbons (Fsp3) is 0.571. The summed E-state index contributed by atoms with van der Waals surface area (Å²) in [5.41, 5.74) is 0. The molecule has 1 aliphatic carbocycles. The predicted octanol–water partition coefficient (Wildman–Crippen LogP) is 2.94. The van der Waals surface area contributed by atoms with Gasteiger partial charge < -0.3 is 10.1 Å². The second-order valence-corrected chi connectivity index (χ2v) is 5.65. The van der Waals surface area contributed by atoms with E-state index < -0.39 is 0 Å². The number of methoxy groups -OCH3 is 1. The molecule has 3 heteroatoms. The Labute approximate surface area is 108 Å². The van der Waals surface area contributed by atoms with Crippen LogP contribution in [0.1, 0.15) is 19.3 Å². The molecule has 0 aromatic heterocycles. The molecule has 17 heavy (non-hydrogen) atoms. The topological polar surface area (TPSA) is 21.3 Å². The Balaban J connectivity index is 1.58. The molecule has 2 nitrogen and oxygen atoms in total. The number of benzene rings is 1. The van der Waals surface area contributed by atoms with Gasteiger partial charge >= 0.3 is 0 Å². The standard InChI is InChI=1S/C14H21NOS/c1-16-13-8-7-12(11-13)15-9-10-17-14-5-3-2-4-6-14/h2-6,12-13,15H,7-11H2,1H3. The molecule has 0 radical (unpaired) electrons. The minimum Gasteiger partial charge on any atom is -0.381 e. The summed E-state index contributed by atoms with van der Waals surface area (Å²) in [6, 6.07) is 11.2. The smallest absolute Gasteiger partial charge is 0.0586 e. The maximum Gasteiger partial charge on any atom is 0.0586 e. The molecule has 0 aliphatic heterocycles. The third kappa shape index (κ3) is 4.34. The zero-order valence-corrected chi connectivity index (χ0v) is 11.2. The molecule has 1 saturated carbocycles. The summed E-state index contributed by atoms with van der Waals surface area (Å²) in [6.45, 7) is 1.08. The van der Waals surface area contributed by atoms with E-state index in [1.54, 1.807) is 0 Å². The Morgan fingerprint density at radius 2 is 2.12 bits per heavy atom. The van der Waals surface area contributed by atoms with Crippen LogP contribution in [-0.2, 0) is 4.74 Å². The molecule has 0 spiro atoms. The molecule has 1 aliphatic rings. The van der Waals surface area contributed by atoms with Crippen LogP contribution in [0.4, 0.5) is 0 Å². The maximum atomic E-state index is 5.37. The molecule has 0 saturated heterocycles. The number of ether oxygens (including phenoxy) is 1. The van der Waals surface area contributed by atoms with Crippen LogP contribution in [0.3, 0.4) is 0 Å². The van der Waals surface area contributed by atoms with E-state index in [1.165, 1.54) is 24.2 Å². The van der Waals surface area contributed by atoms with E-state index in [0.717, 1.165) is 12.3 Å². The first-order chi connectivity index (χ1) is 8.38. The van der Waals surface area contributed by atoms with Gasteiger partial charge in [0, 0.05) is 30.3 Å². The van der Waals surface area contributed by atoms with Crippen molar-refractivity contribution >= 4 is 11.8 Å². The van der Waals surface area contributed by atoms with E-state index in [4.69, 9.17) is 4.74 Å². The second-order valence-electron chi connectivity index (χ2n) is 4.48. The maximum absolute atomic E-state index is 5.37. The van der Waals surface area contributed by atoms with Crippen molar-refractivity contribution in [2.24, 2.45) is 0 Å². The second kappa shape index (κ2) is 7.04. The first-order valence-corrected chi connectivity index (χ1v) is 7.31. The molecule has 94 valence electrons. The van der Waals surface area contributed by atoms with Crippen LogP contribution in [0.5, 0.6) is 0 Å². The van der Waals surface area contributed by atoms with Gasteiger partial charge in [-0.1, -0.05) is 18.2 Å².